The summed E-state index contributed by atoms with van der Waals surface area (Å²) in [6.07, 6.45) is -0.283. The van der Waals surface area contributed by atoms with Crippen LogP contribution in [0, 0.1) is 0 Å². The van der Waals surface area contributed by atoms with Gasteiger partial charge >= 0.3 is 5.97 Å². The van der Waals surface area contributed by atoms with E-state index in [-0.39, 0.29) is 36.4 Å². The molecule has 0 bridgehead atoms. The summed E-state index contributed by atoms with van der Waals surface area (Å²) < 4.78 is 21.4. The molecule has 1 heterocycles. The Kier molecular flexibility index (Phi) is 9.13. The van der Waals surface area contributed by atoms with Crippen molar-refractivity contribution in [2.24, 2.45) is 0 Å². The normalized spacial score (nSPS) is 13.0. The first-order chi connectivity index (χ1) is 19.4. The average Bonchev–Trinajstić information content (AvgIpc) is 3.22. The number of nitrogens with one attached hydrogen (secondary N) is 1. The van der Waals surface area contributed by atoms with Gasteiger partial charge in [0.2, 0.25) is 5.91 Å². The van der Waals surface area contributed by atoms with Gasteiger partial charge < -0.3 is 24.3 Å². The van der Waals surface area contributed by atoms with Crippen molar-refractivity contribution in [3.63, 3.8) is 0 Å². The van der Waals surface area contributed by atoms with Gasteiger partial charge in [0.05, 0.1) is 56.7 Å². The molecule has 0 saturated heterocycles. The maximum atomic E-state index is 13.7. The van der Waals surface area contributed by atoms with E-state index in [1.54, 1.807) is 30.3 Å². The van der Waals surface area contributed by atoms with Gasteiger partial charge in [0, 0.05) is 0 Å². The number of hydrogen-bond donors (Lipinski definition) is 1. The Hall–Kier alpha value is -4.70. The fraction of sp³-hybridized carbons (Fsp3) is 0.267. The highest BCUT2D eigenvalue weighted by Gasteiger charge is 2.43. The lowest BCUT2D eigenvalue weighted by molar-refractivity contribution is -0.141. The van der Waals surface area contributed by atoms with Crippen LogP contribution in [-0.4, -0.2) is 56.0 Å². The van der Waals surface area contributed by atoms with E-state index in [9.17, 15) is 19.2 Å². The van der Waals surface area contributed by atoms with Crippen molar-refractivity contribution in [2.75, 3.05) is 32.8 Å². The van der Waals surface area contributed by atoms with Crippen LogP contribution in [0.4, 0.5) is 5.69 Å². The number of carbonyl (C=O) groups is 4. The lowest BCUT2D eigenvalue weighted by Gasteiger charge is -2.26. The quantitative estimate of drug-likeness (QED) is 0.266. The smallest absolute Gasteiger partial charge is 0.307 e. The zero-order chi connectivity index (χ0) is 28.6. The number of rotatable bonds is 12. The number of hydrogen-bond acceptors (Lipinski definition) is 8. The summed E-state index contributed by atoms with van der Waals surface area (Å²) in [5, 5.41) is 2.68. The number of imide groups is 1. The molecule has 1 atom stereocenters. The first-order valence-corrected chi connectivity index (χ1v) is 12.7. The molecular formula is C30H30N2O8. The standard InChI is InChI=1S/C30H30N2O8/c1-4-40-25-15-20(13-14-24(25)37-2)23(16-27(34)38-3)32-29(35)21-11-8-12-22(28(21)30(32)36)31-26(33)18-39-17-19-9-6-5-7-10-19/h5-15,23H,4,16-18H2,1-3H3,(H,31,33). The third kappa shape index (κ3) is 6.13. The van der Waals surface area contributed by atoms with E-state index in [2.05, 4.69) is 5.32 Å². The topological polar surface area (TPSA) is 120 Å². The van der Waals surface area contributed by atoms with Crippen LogP contribution in [-0.2, 0) is 25.7 Å². The van der Waals surface area contributed by atoms with Gasteiger partial charge in [-0.1, -0.05) is 42.5 Å². The number of fused-ring (bicyclic) bond motifs is 1. The van der Waals surface area contributed by atoms with Crippen LogP contribution < -0.4 is 14.8 Å². The van der Waals surface area contributed by atoms with Gasteiger partial charge in [-0.15, -0.1) is 0 Å². The monoisotopic (exact) mass is 546 g/mol. The van der Waals surface area contributed by atoms with E-state index in [0.29, 0.717) is 23.7 Å². The fourth-order valence-corrected chi connectivity index (χ4v) is 4.48. The van der Waals surface area contributed by atoms with E-state index in [1.165, 1.54) is 20.3 Å². The highest BCUT2D eigenvalue weighted by Crippen LogP contribution is 2.39. The molecule has 10 heteroatoms. The van der Waals surface area contributed by atoms with E-state index < -0.39 is 29.7 Å². The SMILES string of the molecule is CCOc1cc(C(CC(=O)OC)N2C(=O)c3cccc(NC(=O)COCc4ccccc4)c3C2=O)ccc1OC. The third-order valence-corrected chi connectivity index (χ3v) is 6.34. The minimum Gasteiger partial charge on any atom is -0.493 e. The zero-order valence-corrected chi connectivity index (χ0v) is 22.5. The molecular weight excluding hydrogens is 516 g/mol. The summed E-state index contributed by atoms with van der Waals surface area (Å²) in [6, 6.07) is 17.9. The maximum Gasteiger partial charge on any atom is 0.307 e. The van der Waals surface area contributed by atoms with E-state index in [4.69, 9.17) is 18.9 Å². The van der Waals surface area contributed by atoms with Crippen molar-refractivity contribution in [1.29, 1.82) is 0 Å². The number of methoxy groups -OCH3 is 2. The molecule has 208 valence electrons. The molecule has 3 aromatic rings. The Labute approximate surface area is 231 Å². The van der Waals surface area contributed by atoms with Crippen molar-refractivity contribution in [2.45, 2.75) is 26.0 Å². The number of esters is 1. The minimum absolute atomic E-state index is 0.0392. The van der Waals surface area contributed by atoms with Crippen LogP contribution in [0.5, 0.6) is 11.5 Å². The molecule has 1 aliphatic rings. The summed E-state index contributed by atoms with van der Waals surface area (Å²) >= 11 is 0. The second kappa shape index (κ2) is 12.9. The molecule has 40 heavy (non-hydrogen) atoms. The van der Waals surface area contributed by atoms with Gasteiger partial charge in [0.25, 0.3) is 11.8 Å². The number of ether oxygens (including phenoxy) is 4. The number of nitrogens with zero attached hydrogens (tertiary/aromatic N) is 1. The Morgan fingerprint density at radius 3 is 2.40 bits per heavy atom. The third-order valence-electron chi connectivity index (χ3n) is 6.34. The lowest BCUT2D eigenvalue weighted by Crippen LogP contribution is -2.35. The second-order valence-electron chi connectivity index (χ2n) is 8.87. The van der Waals surface area contributed by atoms with E-state index in [1.807, 2.05) is 37.3 Å². The molecule has 1 unspecified atom stereocenters. The van der Waals surface area contributed by atoms with Gasteiger partial charge in [0.1, 0.15) is 6.61 Å². The Bertz CT molecular complexity index is 1410. The highest BCUT2D eigenvalue weighted by atomic mass is 16.5. The van der Waals surface area contributed by atoms with Crippen molar-refractivity contribution in [3.8, 4) is 11.5 Å². The summed E-state index contributed by atoms with van der Waals surface area (Å²) in [7, 11) is 2.73. The first kappa shape index (κ1) is 28.3. The van der Waals surface area contributed by atoms with E-state index in [0.717, 1.165) is 10.5 Å². The molecule has 0 fully saturated rings. The second-order valence-corrected chi connectivity index (χ2v) is 8.87. The molecule has 3 amide bonds. The van der Waals surface area contributed by atoms with Gasteiger partial charge in [-0.25, -0.2) is 0 Å². The van der Waals surface area contributed by atoms with Crippen LogP contribution in [0.1, 0.15) is 51.2 Å². The van der Waals surface area contributed by atoms with Crippen LogP contribution in [0.2, 0.25) is 0 Å². The number of carbonyl (C=O) groups excluding carboxylic acids is 4. The number of anilines is 1. The van der Waals surface area contributed by atoms with Gasteiger partial charge in [0.15, 0.2) is 11.5 Å². The van der Waals surface area contributed by atoms with Crippen LogP contribution in [0.3, 0.4) is 0 Å². The first-order valence-electron chi connectivity index (χ1n) is 12.7. The average molecular weight is 547 g/mol. The Morgan fingerprint density at radius 2 is 1.70 bits per heavy atom. The summed E-state index contributed by atoms with van der Waals surface area (Å²) in [6.45, 7) is 2.16. The van der Waals surface area contributed by atoms with E-state index >= 15 is 0 Å². The molecule has 0 radical (unpaired) electrons. The van der Waals surface area contributed by atoms with Crippen molar-refractivity contribution in [3.05, 3.63) is 89.0 Å². The Morgan fingerprint density at radius 1 is 0.925 bits per heavy atom. The Balaban J connectivity index is 1.59. The van der Waals surface area contributed by atoms with Crippen molar-refractivity contribution >= 4 is 29.4 Å². The van der Waals surface area contributed by atoms with Crippen LogP contribution in [0.15, 0.2) is 66.7 Å². The number of amides is 3. The molecule has 0 aromatic heterocycles. The van der Waals surface area contributed by atoms with Crippen LogP contribution >= 0.6 is 0 Å². The van der Waals surface area contributed by atoms with Crippen LogP contribution in [0.25, 0.3) is 0 Å². The van der Waals surface area contributed by atoms with Crippen molar-refractivity contribution in [1.82, 2.24) is 4.90 Å². The maximum absolute atomic E-state index is 13.7. The summed E-state index contributed by atoms with van der Waals surface area (Å²) in [5.74, 6) is -1.48. The fourth-order valence-electron chi connectivity index (χ4n) is 4.48. The molecule has 10 nitrogen and oxygen atoms in total. The molecule has 0 aliphatic carbocycles. The molecule has 0 saturated carbocycles. The summed E-state index contributed by atoms with van der Waals surface area (Å²) in [5.41, 5.74) is 1.71. The van der Waals surface area contributed by atoms with Gasteiger partial charge in [-0.3, -0.25) is 24.1 Å². The number of benzene rings is 3. The predicted molar refractivity (Wildman–Crippen MR) is 145 cm³/mol. The molecule has 1 N–H and O–H groups in total. The molecule has 0 spiro atoms. The lowest BCUT2D eigenvalue weighted by atomic mass is 10.0. The molecule has 1 aliphatic heterocycles. The largest absolute Gasteiger partial charge is 0.493 e. The van der Waals surface area contributed by atoms with Gasteiger partial charge in [-0.05, 0) is 42.3 Å². The zero-order valence-electron chi connectivity index (χ0n) is 22.5. The minimum atomic E-state index is -0.997. The summed E-state index contributed by atoms with van der Waals surface area (Å²) in [4.78, 5) is 53.3. The molecule has 4 rings (SSSR count). The molecule has 3 aromatic carbocycles. The van der Waals surface area contributed by atoms with Crippen molar-refractivity contribution < 1.29 is 38.1 Å². The highest BCUT2D eigenvalue weighted by molar-refractivity contribution is 6.24. The van der Waals surface area contributed by atoms with Gasteiger partial charge in [-0.2, -0.15) is 0 Å². The predicted octanol–water partition coefficient (Wildman–Crippen LogP) is 4.15.